The van der Waals surface area contributed by atoms with Crippen LogP contribution < -0.4 is 0 Å². The van der Waals surface area contributed by atoms with Crippen molar-refractivity contribution in [1.82, 2.24) is 0 Å². The van der Waals surface area contributed by atoms with Gasteiger partial charge in [0.05, 0.1) is 5.56 Å². The summed E-state index contributed by atoms with van der Waals surface area (Å²) in [7, 11) is 0. The van der Waals surface area contributed by atoms with E-state index in [-0.39, 0.29) is 11.3 Å². The van der Waals surface area contributed by atoms with E-state index in [1.807, 2.05) is 0 Å². The molecule has 0 unspecified atom stereocenters. The summed E-state index contributed by atoms with van der Waals surface area (Å²) in [6, 6.07) is 2.69. The number of rotatable bonds is 1. The van der Waals surface area contributed by atoms with Crippen LogP contribution in [0.25, 0.3) is 6.08 Å². The van der Waals surface area contributed by atoms with Crippen LogP contribution in [0.1, 0.15) is 5.56 Å². The lowest BCUT2D eigenvalue weighted by molar-refractivity contribution is 0.467. The van der Waals surface area contributed by atoms with Crippen molar-refractivity contribution in [3.63, 3.8) is 0 Å². The van der Waals surface area contributed by atoms with Crippen molar-refractivity contribution in [1.29, 1.82) is 0 Å². The number of phenols is 1. The highest BCUT2D eigenvalue weighted by molar-refractivity contribution is 9.10. The van der Waals surface area contributed by atoms with Gasteiger partial charge >= 0.3 is 0 Å². The quantitative estimate of drug-likeness (QED) is 0.766. The molecular weight excluding hydrogens is 211 g/mol. The van der Waals surface area contributed by atoms with Crippen molar-refractivity contribution < 1.29 is 9.50 Å². The van der Waals surface area contributed by atoms with Crippen molar-refractivity contribution in [2.75, 3.05) is 0 Å². The number of hydrogen-bond acceptors (Lipinski definition) is 1. The highest BCUT2D eigenvalue weighted by atomic mass is 79.9. The SMILES string of the molecule is C=Cc1c(O)cc(Br)cc1F. The molecule has 1 rings (SSSR count). The molecule has 1 aromatic carbocycles. The molecule has 1 aromatic rings. The molecule has 0 saturated carbocycles. The molecule has 0 aliphatic rings. The number of phenolic OH excluding ortho intramolecular Hbond substituents is 1. The molecule has 0 amide bonds. The van der Waals surface area contributed by atoms with Crippen LogP contribution in [0.15, 0.2) is 23.2 Å². The second kappa shape index (κ2) is 3.05. The molecule has 11 heavy (non-hydrogen) atoms. The molecule has 0 aliphatic heterocycles. The van der Waals surface area contributed by atoms with E-state index in [4.69, 9.17) is 5.11 Å². The largest absolute Gasteiger partial charge is 0.507 e. The smallest absolute Gasteiger partial charge is 0.135 e. The van der Waals surface area contributed by atoms with E-state index in [2.05, 4.69) is 22.5 Å². The number of aromatic hydroxyl groups is 1. The summed E-state index contributed by atoms with van der Waals surface area (Å²) in [4.78, 5) is 0. The lowest BCUT2D eigenvalue weighted by Gasteiger charge is -2.00. The first-order valence-electron chi connectivity index (χ1n) is 2.95. The monoisotopic (exact) mass is 216 g/mol. The van der Waals surface area contributed by atoms with Gasteiger partial charge in [0.2, 0.25) is 0 Å². The molecule has 0 radical (unpaired) electrons. The zero-order valence-corrected chi connectivity index (χ0v) is 7.23. The fourth-order valence-electron chi connectivity index (χ4n) is 0.773. The summed E-state index contributed by atoms with van der Waals surface area (Å²) in [6.45, 7) is 3.37. The predicted octanol–water partition coefficient (Wildman–Crippen LogP) is 2.94. The van der Waals surface area contributed by atoms with Gasteiger partial charge in [-0.25, -0.2) is 4.39 Å². The van der Waals surface area contributed by atoms with Gasteiger partial charge in [-0.05, 0) is 12.1 Å². The Kier molecular flexibility index (Phi) is 2.29. The molecule has 1 N–H and O–H groups in total. The van der Waals surface area contributed by atoms with E-state index in [0.717, 1.165) is 0 Å². The van der Waals surface area contributed by atoms with E-state index in [0.29, 0.717) is 4.47 Å². The summed E-state index contributed by atoms with van der Waals surface area (Å²) >= 11 is 3.04. The minimum Gasteiger partial charge on any atom is -0.507 e. The Morgan fingerprint density at radius 2 is 2.18 bits per heavy atom. The van der Waals surface area contributed by atoms with Crippen LogP contribution in [0.3, 0.4) is 0 Å². The minimum atomic E-state index is -0.480. The van der Waals surface area contributed by atoms with Crippen molar-refractivity contribution in [3.05, 3.63) is 34.6 Å². The minimum absolute atomic E-state index is 0.105. The first-order chi connectivity index (χ1) is 5.15. The molecule has 1 nitrogen and oxygen atoms in total. The predicted molar refractivity (Wildman–Crippen MR) is 45.9 cm³/mol. The Labute approximate surface area is 72.3 Å². The van der Waals surface area contributed by atoms with Gasteiger partial charge in [0.25, 0.3) is 0 Å². The van der Waals surface area contributed by atoms with E-state index in [1.165, 1.54) is 18.2 Å². The highest BCUT2D eigenvalue weighted by Crippen LogP contribution is 2.26. The molecule has 0 fully saturated rings. The Balaban J connectivity index is 3.36. The maximum absolute atomic E-state index is 12.9. The Hall–Kier alpha value is -0.830. The fourth-order valence-corrected chi connectivity index (χ4v) is 1.19. The third-order valence-electron chi connectivity index (χ3n) is 1.28. The van der Waals surface area contributed by atoms with Crippen LogP contribution in [0.5, 0.6) is 5.75 Å². The molecule has 0 saturated heterocycles. The lowest BCUT2D eigenvalue weighted by atomic mass is 10.2. The second-order valence-electron chi connectivity index (χ2n) is 2.02. The fraction of sp³-hybridized carbons (Fsp3) is 0. The van der Waals surface area contributed by atoms with Crippen LogP contribution >= 0.6 is 15.9 Å². The lowest BCUT2D eigenvalue weighted by Crippen LogP contribution is -1.82. The van der Waals surface area contributed by atoms with E-state index in [9.17, 15) is 4.39 Å². The number of benzene rings is 1. The Bertz CT molecular complexity index is 273. The topological polar surface area (TPSA) is 20.2 Å². The summed E-state index contributed by atoms with van der Waals surface area (Å²) in [5, 5.41) is 9.13. The molecule has 0 aliphatic carbocycles. The van der Waals surface area contributed by atoms with Gasteiger partial charge < -0.3 is 5.11 Å². The molecule has 58 valence electrons. The van der Waals surface area contributed by atoms with Gasteiger partial charge in [0.15, 0.2) is 0 Å². The van der Waals surface area contributed by atoms with Gasteiger partial charge in [-0.3, -0.25) is 0 Å². The van der Waals surface area contributed by atoms with Crippen LogP contribution in [0, 0.1) is 5.82 Å². The Morgan fingerprint density at radius 1 is 1.55 bits per heavy atom. The molecule has 0 heterocycles. The Morgan fingerprint density at radius 3 is 2.64 bits per heavy atom. The van der Waals surface area contributed by atoms with Crippen molar-refractivity contribution in [3.8, 4) is 5.75 Å². The average molecular weight is 217 g/mol. The van der Waals surface area contributed by atoms with Crippen LogP contribution in [0.4, 0.5) is 4.39 Å². The van der Waals surface area contributed by atoms with Gasteiger partial charge in [-0.2, -0.15) is 0 Å². The second-order valence-corrected chi connectivity index (χ2v) is 2.94. The van der Waals surface area contributed by atoms with Crippen molar-refractivity contribution >= 4 is 22.0 Å². The zero-order valence-electron chi connectivity index (χ0n) is 5.64. The van der Waals surface area contributed by atoms with Crippen molar-refractivity contribution in [2.45, 2.75) is 0 Å². The first-order valence-corrected chi connectivity index (χ1v) is 3.75. The standard InChI is InChI=1S/C8H6BrFO/c1-2-6-7(10)3-5(9)4-8(6)11/h2-4,11H,1H2. The average Bonchev–Trinajstić information content (AvgIpc) is 1.85. The molecule has 0 bridgehead atoms. The maximum Gasteiger partial charge on any atom is 0.135 e. The van der Waals surface area contributed by atoms with Gasteiger partial charge in [-0.1, -0.05) is 28.6 Å². The van der Waals surface area contributed by atoms with E-state index >= 15 is 0 Å². The number of halogens is 2. The molecule has 0 spiro atoms. The van der Waals surface area contributed by atoms with Crippen LogP contribution in [-0.2, 0) is 0 Å². The van der Waals surface area contributed by atoms with Gasteiger partial charge in [-0.15, -0.1) is 0 Å². The molecule has 0 atom stereocenters. The molecular formula is C8H6BrFO. The zero-order chi connectivity index (χ0) is 8.43. The maximum atomic E-state index is 12.9. The summed E-state index contributed by atoms with van der Waals surface area (Å²) in [5.74, 6) is -0.584. The van der Waals surface area contributed by atoms with Gasteiger partial charge in [0, 0.05) is 4.47 Å². The third kappa shape index (κ3) is 1.60. The summed E-state index contributed by atoms with van der Waals surface area (Å²) < 4.78 is 13.4. The molecule has 3 heteroatoms. The van der Waals surface area contributed by atoms with E-state index in [1.54, 1.807) is 0 Å². The van der Waals surface area contributed by atoms with Gasteiger partial charge in [0.1, 0.15) is 11.6 Å². The number of hydrogen-bond donors (Lipinski definition) is 1. The van der Waals surface area contributed by atoms with Crippen LogP contribution in [0.2, 0.25) is 0 Å². The third-order valence-corrected chi connectivity index (χ3v) is 1.73. The first kappa shape index (κ1) is 8.27. The van der Waals surface area contributed by atoms with Crippen molar-refractivity contribution in [2.24, 2.45) is 0 Å². The highest BCUT2D eigenvalue weighted by Gasteiger charge is 2.04. The normalized spacial score (nSPS) is 9.64. The van der Waals surface area contributed by atoms with E-state index < -0.39 is 5.82 Å². The molecule has 0 aromatic heterocycles. The van der Waals surface area contributed by atoms with Crippen LogP contribution in [-0.4, -0.2) is 5.11 Å². The summed E-state index contributed by atoms with van der Waals surface area (Å²) in [6.07, 6.45) is 1.27. The summed E-state index contributed by atoms with van der Waals surface area (Å²) in [5.41, 5.74) is 0.133.